The van der Waals surface area contributed by atoms with Gasteiger partial charge in [0.25, 0.3) is 0 Å². The summed E-state index contributed by atoms with van der Waals surface area (Å²) in [7, 11) is 1.94. The van der Waals surface area contributed by atoms with Crippen molar-refractivity contribution in [1.29, 1.82) is 0 Å². The molecular formula is C11H17FN2. The number of rotatable bonds is 4. The Morgan fingerprint density at radius 3 is 2.57 bits per heavy atom. The third-order valence-electron chi connectivity index (χ3n) is 2.39. The Morgan fingerprint density at radius 1 is 1.43 bits per heavy atom. The summed E-state index contributed by atoms with van der Waals surface area (Å²) in [5.74, 6) is 0.270. The van der Waals surface area contributed by atoms with Crippen LogP contribution in [0.2, 0.25) is 0 Å². The Hall–Kier alpha value is -0.960. The number of nitrogens with one attached hydrogen (secondary N) is 1. The lowest BCUT2D eigenvalue weighted by atomic mass is 9.99. The maximum atomic E-state index is 12.6. The molecule has 78 valence electrons. The van der Waals surface area contributed by atoms with Crippen LogP contribution in [0, 0.1) is 11.7 Å². The largest absolute Gasteiger partial charge is 0.316 e. The van der Waals surface area contributed by atoms with Gasteiger partial charge in [0.2, 0.25) is 0 Å². The van der Waals surface area contributed by atoms with E-state index in [0.29, 0.717) is 12.0 Å². The molecule has 14 heavy (non-hydrogen) atoms. The highest BCUT2D eigenvalue weighted by Crippen LogP contribution is 2.08. The van der Waals surface area contributed by atoms with Gasteiger partial charge < -0.3 is 5.32 Å². The van der Waals surface area contributed by atoms with E-state index < -0.39 is 0 Å². The van der Waals surface area contributed by atoms with Gasteiger partial charge >= 0.3 is 0 Å². The lowest BCUT2D eigenvalue weighted by Crippen LogP contribution is -2.32. The van der Waals surface area contributed by atoms with Gasteiger partial charge in [-0.1, -0.05) is 13.8 Å². The SMILES string of the molecule is CNC(Cc1ccc(F)cn1)C(C)C. The van der Waals surface area contributed by atoms with Gasteiger partial charge in [-0.15, -0.1) is 0 Å². The van der Waals surface area contributed by atoms with Crippen LogP contribution in [0.3, 0.4) is 0 Å². The molecule has 1 aromatic rings. The summed E-state index contributed by atoms with van der Waals surface area (Å²) in [6.07, 6.45) is 2.11. The van der Waals surface area contributed by atoms with Crippen molar-refractivity contribution in [2.45, 2.75) is 26.3 Å². The van der Waals surface area contributed by atoms with E-state index >= 15 is 0 Å². The standard InChI is InChI=1S/C11H17FN2/c1-8(2)11(13-3)6-10-5-4-9(12)7-14-10/h4-5,7-8,11,13H,6H2,1-3H3. The monoisotopic (exact) mass is 196 g/mol. The van der Waals surface area contributed by atoms with Crippen LogP contribution in [0.5, 0.6) is 0 Å². The number of nitrogens with zero attached hydrogens (tertiary/aromatic N) is 1. The van der Waals surface area contributed by atoms with Crippen LogP contribution in [-0.2, 0) is 6.42 Å². The summed E-state index contributed by atoms with van der Waals surface area (Å²) < 4.78 is 12.6. The first-order chi connectivity index (χ1) is 6.63. The average Bonchev–Trinajstić information content (AvgIpc) is 2.16. The Balaban J connectivity index is 2.63. The zero-order chi connectivity index (χ0) is 10.6. The minimum Gasteiger partial charge on any atom is -0.316 e. The van der Waals surface area contributed by atoms with Crippen molar-refractivity contribution in [3.63, 3.8) is 0 Å². The van der Waals surface area contributed by atoms with Crippen molar-refractivity contribution in [3.05, 3.63) is 29.8 Å². The molecule has 3 heteroatoms. The van der Waals surface area contributed by atoms with Crippen molar-refractivity contribution in [1.82, 2.24) is 10.3 Å². The molecule has 1 atom stereocenters. The maximum Gasteiger partial charge on any atom is 0.141 e. The Bertz CT molecular complexity index is 269. The van der Waals surface area contributed by atoms with Gasteiger partial charge in [0.15, 0.2) is 0 Å². The normalized spacial score (nSPS) is 13.2. The third kappa shape index (κ3) is 3.07. The van der Waals surface area contributed by atoms with E-state index in [9.17, 15) is 4.39 Å². The van der Waals surface area contributed by atoms with E-state index in [0.717, 1.165) is 12.1 Å². The number of hydrogen-bond acceptors (Lipinski definition) is 2. The molecule has 1 aromatic heterocycles. The second-order valence-corrected chi connectivity index (χ2v) is 3.81. The van der Waals surface area contributed by atoms with Gasteiger partial charge in [0, 0.05) is 18.2 Å². The minimum atomic E-state index is -0.278. The smallest absolute Gasteiger partial charge is 0.141 e. The fourth-order valence-corrected chi connectivity index (χ4v) is 1.42. The first-order valence-electron chi connectivity index (χ1n) is 4.91. The lowest BCUT2D eigenvalue weighted by molar-refractivity contribution is 0.421. The second-order valence-electron chi connectivity index (χ2n) is 3.81. The van der Waals surface area contributed by atoms with E-state index in [4.69, 9.17) is 0 Å². The summed E-state index contributed by atoms with van der Waals surface area (Å²) in [6, 6.07) is 3.59. The van der Waals surface area contributed by atoms with Crippen LogP contribution in [0.1, 0.15) is 19.5 Å². The van der Waals surface area contributed by atoms with Crippen LogP contribution in [0.4, 0.5) is 4.39 Å². The number of likely N-dealkylation sites (N-methyl/N-ethyl adjacent to an activating group) is 1. The Morgan fingerprint density at radius 2 is 2.14 bits per heavy atom. The summed E-state index contributed by atoms with van der Waals surface area (Å²) in [6.45, 7) is 4.31. The average molecular weight is 196 g/mol. The molecule has 0 amide bonds. The first-order valence-corrected chi connectivity index (χ1v) is 4.91. The van der Waals surface area contributed by atoms with E-state index in [2.05, 4.69) is 24.1 Å². The molecule has 0 saturated heterocycles. The predicted molar refractivity (Wildman–Crippen MR) is 55.6 cm³/mol. The Kier molecular flexibility index (Phi) is 4.01. The molecular weight excluding hydrogens is 179 g/mol. The minimum absolute atomic E-state index is 0.278. The van der Waals surface area contributed by atoms with Crippen molar-refractivity contribution in [2.75, 3.05) is 7.05 Å². The van der Waals surface area contributed by atoms with Crippen LogP contribution < -0.4 is 5.32 Å². The summed E-state index contributed by atoms with van der Waals surface area (Å²) in [5.41, 5.74) is 0.930. The van der Waals surface area contributed by atoms with E-state index in [1.165, 1.54) is 12.3 Å². The lowest BCUT2D eigenvalue weighted by Gasteiger charge is -2.19. The number of pyridine rings is 1. The maximum absolute atomic E-state index is 12.6. The third-order valence-corrected chi connectivity index (χ3v) is 2.39. The van der Waals surface area contributed by atoms with Gasteiger partial charge in [-0.05, 0) is 25.1 Å². The molecule has 2 nitrogen and oxygen atoms in total. The van der Waals surface area contributed by atoms with Crippen LogP contribution in [0.15, 0.2) is 18.3 Å². The fraction of sp³-hybridized carbons (Fsp3) is 0.545. The molecule has 0 spiro atoms. The number of halogens is 1. The first kappa shape index (κ1) is 11.1. The molecule has 1 rings (SSSR count). The van der Waals surface area contributed by atoms with Crippen molar-refractivity contribution >= 4 is 0 Å². The zero-order valence-corrected chi connectivity index (χ0v) is 8.92. The highest BCUT2D eigenvalue weighted by Gasteiger charge is 2.11. The molecule has 0 bridgehead atoms. The molecule has 0 aliphatic carbocycles. The zero-order valence-electron chi connectivity index (χ0n) is 8.92. The molecule has 0 fully saturated rings. The Labute approximate surface area is 84.6 Å². The second kappa shape index (κ2) is 5.05. The molecule has 0 aromatic carbocycles. The number of hydrogen-bond donors (Lipinski definition) is 1. The molecule has 1 unspecified atom stereocenters. The summed E-state index contributed by atoms with van der Waals surface area (Å²) >= 11 is 0. The molecule has 0 aliphatic rings. The predicted octanol–water partition coefficient (Wildman–Crippen LogP) is 2.01. The van der Waals surface area contributed by atoms with Gasteiger partial charge in [0.1, 0.15) is 5.82 Å². The van der Waals surface area contributed by atoms with Gasteiger partial charge in [-0.2, -0.15) is 0 Å². The van der Waals surface area contributed by atoms with Crippen LogP contribution in [-0.4, -0.2) is 18.1 Å². The molecule has 1 N–H and O–H groups in total. The highest BCUT2D eigenvalue weighted by molar-refractivity contribution is 5.07. The summed E-state index contributed by atoms with van der Waals surface area (Å²) in [5, 5.41) is 3.23. The van der Waals surface area contributed by atoms with Crippen LogP contribution in [0.25, 0.3) is 0 Å². The molecule has 0 radical (unpaired) electrons. The summed E-state index contributed by atoms with van der Waals surface area (Å²) in [4.78, 5) is 4.03. The van der Waals surface area contributed by atoms with Crippen LogP contribution >= 0.6 is 0 Å². The molecule has 0 saturated carbocycles. The molecule has 0 aliphatic heterocycles. The van der Waals surface area contributed by atoms with Gasteiger partial charge in [-0.3, -0.25) is 4.98 Å². The molecule has 1 heterocycles. The quantitative estimate of drug-likeness (QED) is 0.796. The van der Waals surface area contributed by atoms with Gasteiger partial charge in [-0.25, -0.2) is 4.39 Å². The topological polar surface area (TPSA) is 24.9 Å². The van der Waals surface area contributed by atoms with Crippen molar-refractivity contribution in [2.24, 2.45) is 5.92 Å². The van der Waals surface area contributed by atoms with Gasteiger partial charge in [0.05, 0.1) is 6.20 Å². The van der Waals surface area contributed by atoms with Crippen molar-refractivity contribution in [3.8, 4) is 0 Å². The van der Waals surface area contributed by atoms with E-state index in [-0.39, 0.29) is 5.82 Å². The van der Waals surface area contributed by atoms with Crippen molar-refractivity contribution < 1.29 is 4.39 Å². The fourth-order valence-electron chi connectivity index (χ4n) is 1.42. The van der Waals surface area contributed by atoms with E-state index in [1.807, 2.05) is 7.05 Å². The highest BCUT2D eigenvalue weighted by atomic mass is 19.1. The van der Waals surface area contributed by atoms with E-state index in [1.54, 1.807) is 6.07 Å². The number of aromatic nitrogens is 1.